The van der Waals surface area contributed by atoms with Crippen molar-refractivity contribution in [1.29, 1.82) is 0 Å². The number of aliphatic carboxylic acids is 1. The van der Waals surface area contributed by atoms with Crippen molar-refractivity contribution in [2.75, 3.05) is 0 Å². The number of carbonyl (C=O) groups is 1. The maximum absolute atomic E-state index is 10.6. The summed E-state index contributed by atoms with van der Waals surface area (Å²) in [5, 5.41) is 9.27. The maximum Gasteiger partial charge on any atom is 0.307 e. The van der Waals surface area contributed by atoms with Crippen LogP contribution in [0.1, 0.15) is 18.0 Å². The minimum Gasteiger partial charge on any atom is -0.481 e. The lowest BCUT2D eigenvalue weighted by Gasteiger charge is -1.96. The molecule has 2 atom stereocenters. The van der Waals surface area contributed by atoms with Crippen LogP contribution in [0.25, 0.3) is 0 Å². The molecule has 0 bridgehead atoms. The molecule has 3 nitrogen and oxygen atoms in total. The van der Waals surface area contributed by atoms with Crippen molar-refractivity contribution < 1.29 is 9.90 Å². The minimum absolute atomic E-state index is 0.0924. The van der Waals surface area contributed by atoms with Gasteiger partial charge in [0.15, 0.2) is 0 Å². The van der Waals surface area contributed by atoms with Crippen LogP contribution in [0.5, 0.6) is 0 Å². The van der Waals surface area contributed by atoms with Crippen molar-refractivity contribution in [2.45, 2.75) is 12.3 Å². The first-order chi connectivity index (χ1) is 6.18. The molecule has 2 rings (SSSR count). The summed E-state index contributed by atoms with van der Waals surface area (Å²) in [5.74, 6) is -0.884. The number of carboxylic acid groups (broad SMARTS) is 1. The van der Waals surface area contributed by atoms with Gasteiger partial charge in [-0.1, -0.05) is 11.6 Å². The summed E-state index contributed by atoms with van der Waals surface area (Å²) in [6.45, 7) is 0. The molecule has 0 aliphatic heterocycles. The molecule has 1 fully saturated rings. The van der Waals surface area contributed by atoms with Crippen molar-refractivity contribution in [3.05, 3.63) is 29.0 Å². The quantitative estimate of drug-likeness (QED) is 0.788. The fourth-order valence-electron chi connectivity index (χ4n) is 1.40. The standard InChI is InChI=1S/C9H8ClNO2/c10-5-1-2-8(11-4-5)6-3-7(6)9(12)13/h1-2,4,6-7H,3H2,(H,12,13). The third kappa shape index (κ3) is 1.65. The zero-order valence-electron chi connectivity index (χ0n) is 6.77. The smallest absolute Gasteiger partial charge is 0.307 e. The van der Waals surface area contributed by atoms with Gasteiger partial charge in [-0.3, -0.25) is 9.78 Å². The van der Waals surface area contributed by atoms with Gasteiger partial charge >= 0.3 is 5.97 Å². The third-order valence-electron chi connectivity index (χ3n) is 2.24. The van der Waals surface area contributed by atoms with E-state index in [2.05, 4.69) is 4.98 Å². The molecule has 2 unspecified atom stereocenters. The van der Waals surface area contributed by atoms with Gasteiger partial charge in [-0.2, -0.15) is 0 Å². The summed E-state index contributed by atoms with van der Waals surface area (Å²) in [5.41, 5.74) is 0.830. The largest absolute Gasteiger partial charge is 0.481 e. The Bertz CT molecular complexity index is 336. The highest BCUT2D eigenvalue weighted by Gasteiger charge is 2.45. The average Bonchev–Trinajstić information content (AvgIpc) is 2.85. The van der Waals surface area contributed by atoms with Crippen LogP contribution in [0.4, 0.5) is 0 Å². The van der Waals surface area contributed by atoms with Crippen LogP contribution < -0.4 is 0 Å². The molecule has 13 heavy (non-hydrogen) atoms. The highest BCUT2D eigenvalue weighted by atomic mass is 35.5. The van der Waals surface area contributed by atoms with Crippen LogP contribution >= 0.6 is 11.6 Å². The molecule has 1 aliphatic carbocycles. The normalized spacial score (nSPS) is 25.6. The molecule has 68 valence electrons. The van der Waals surface area contributed by atoms with Crippen molar-refractivity contribution >= 4 is 17.6 Å². The number of rotatable bonds is 2. The van der Waals surface area contributed by atoms with E-state index >= 15 is 0 Å². The lowest BCUT2D eigenvalue weighted by atomic mass is 10.2. The number of hydrogen-bond acceptors (Lipinski definition) is 2. The van der Waals surface area contributed by atoms with Gasteiger partial charge in [-0.25, -0.2) is 0 Å². The van der Waals surface area contributed by atoms with Crippen molar-refractivity contribution in [1.82, 2.24) is 4.98 Å². The Labute approximate surface area is 80.4 Å². The number of nitrogens with zero attached hydrogens (tertiary/aromatic N) is 1. The molecular formula is C9H8ClNO2. The van der Waals surface area contributed by atoms with Gasteiger partial charge in [-0.05, 0) is 18.6 Å². The molecule has 0 radical (unpaired) electrons. The van der Waals surface area contributed by atoms with Crippen LogP contribution in [0.2, 0.25) is 5.02 Å². The van der Waals surface area contributed by atoms with Crippen LogP contribution in [0, 0.1) is 5.92 Å². The second-order valence-electron chi connectivity index (χ2n) is 3.19. The van der Waals surface area contributed by atoms with Crippen molar-refractivity contribution in [2.24, 2.45) is 5.92 Å². The van der Waals surface area contributed by atoms with E-state index in [1.54, 1.807) is 18.3 Å². The summed E-state index contributed by atoms with van der Waals surface area (Å²) >= 11 is 5.66. The van der Waals surface area contributed by atoms with Gasteiger partial charge in [-0.15, -0.1) is 0 Å². The van der Waals surface area contributed by atoms with E-state index in [1.165, 1.54) is 0 Å². The molecular weight excluding hydrogens is 190 g/mol. The zero-order chi connectivity index (χ0) is 9.42. The Hall–Kier alpha value is -1.09. The fraction of sp³-hybridized carbons (Fsp3) is 0.333. The Morgan fingerprint density at radius 3 is 2.85 bits per heavy atom. The second kappa shape index (κ2) is 3.00. The molecule has 1 aliphatic rings. The molecule has 1 aromatic heterocycles. The maximum atomic E-state index is 10.6. The van der Waals surface area contributed by atoms with E-state index in [4.69, 9.17) is 16.7 Å². The molecule has 0 amide bonds. The molecule has 0 saturated heterocycles. The highest BCUT2D eigenvalue weighted by Crippen LogP contribution is 2.46. The van der Waals surface area contributed by atoms with Crippen LogP contribution in [-0.2, 0) is 4.79 Å². The van der Waals surface area contributed by atoms with E-state index in [0.717, 1.165) is 5.69 Å². The predicted molar refractivity (Wildman–Crippen MR) is 47.7 cm³/mol. The molecule has 1 saturated carbocycles. The summed E-state index contributed by atoms with van der Waals surface area (Å²) in [7, 11) is 0. The lowest BCUT2D eigenvalue weighted by Crippen LogP contribution is -1.99. The fourth-order valence-corrected chi connectivity index (χ4v) is 1.51. The van der Waals surface area contributed by atoms with Gasteiger partial charge in [0.05, 0.1) is 10.9 Å². The summed E-state index contributed by atoms with van der Waals surface area (Å²) < 4.78 is 0. The Morgan fingerprint density at radius 1 is 1.62 bits per heavy atom. The summed E-state index contributed by atoms with van der Waals surface area (Å²) in [6.07, 6.45) is 2.25. The number of halogens is 1. The SMILES string of the molecule is O=C(O)C1CC1c1ccc(Cl)cn1. The van der Waals surface area contributed by atoms with Crippen molar-refractivity contribution in [3.63, 3.8) is 0 Å². The van der Waals surface area contributed by atoms with Gasteiger partial charge in [0.1, 0.15) is 0 Å². The first kappa shape index (κ1) is 8.51. The number of aromatic nitrogens is 1. The van der Waals surface area contributed by atoms with Gasteiger partial charge < -0.3 is 5.11 Å². The van der Waals surface area contributed by atoms with Crippen LogP contribution in [0.3, 0.4) is 0 Å². The van der Waals surface area contributed by atoms with E-state index in [1.807, 2.05) is 0 Å². The Kier molecular flexibility index (Phi) is 1.96. The first-order valence-electron chi connectivity index (χ1n) is 4.03. The van der Waals surface area contributed by atoms with E-state index in [-0.39, 0.29) is 11.8 Å². The topological polar surface area (TPSA) is 50.2 Å². The van der Waals surface area contributed by atoms with Crippen LogP contribution in [-0.4, -0.2) is 16.1 Å². The molecule has 0 spiro atoms. The zero-order valence-corrected chi connectivity index (χ0v) is 7.53. The number of pyridine rings is 1. The van der Waals surface area contributed by atoms with E-state index in [9.17, 15) is 4.79 Å². The molecule has 0 aromatic carbocycles. The monoisotopic (exact) mass is 197 g/mol. The van der Waals surface area contributed by atoms with Gasteiger partial charge in [0, 0.05) is 17.8 Å². The average molecular weight is 198 g/mol. The van der Waals surface area contributed by atoms with E-state index in [0.29, 0.717) is 11.4 Å². The summed E-state index contributed by atoms with van der Waals surface area (Å²) in [6, 6.07) is 3.52. The Balaban J connectivity index is 2.12. The van der Waals surface area contributed by atoms with E-state index < -0.39 is 5.97 Å². The number of hydrogen-bond donors (Lipinski definition) is 1. The molecule has 1 heterocycles. The second-order valence-corrected chi connectivity index (χ2v) is 3.62. The van der Waals surface area contributed by atoms with Crippen LogP contribution in [0.15, 0.2) is 18.3 Å². The lowest BCUT2D eigenvalue weighted by molar-refractivity contribution is -0.138. The first-order valence-corrected chi connectivity index (χ1v) is 4.40. The minimum atomic E-state index is -0.734. The molecule has 4 heteroatoms. The summed E-state index contributed by atoms with van der Waals surface area (Å²) in [4.78, 5) is 14.6. The number of carboxylic acids is 1. The Morgan fingerprint density at radius 2 is 2.38 bits per heavy atom. The third-order valence-corrected chi connectivity index (χ3v) is 2.46. The van der Waals surface area contributed by atoms with Gasteiger partial charge in [0.25, 0.3) is 0 Å². The highest BCUT2D eigenvalue weighted by molar-refractivity contribution is 6.30. The molecule has 1 N–H and O–H groups in total. The van der Waals surface area contributed by atoms with Crippen molar-refractivity contribution in [3.8, 4) is 0 Å². The predicted octanol–water partition coefficient (Wildman–Crippen LogP) is 1.92. The van der Waals surface area contributed by atoms with Gasteiger partial charge in [0.2, 0.25) is 0 Å². The molecule has 1 aromatic rings.